The van der Waals surface area contributed by atoms with Crippen molar-refractivity contribution in [3.05, 3.63) is 90.8 Å². The molecule has 2 aromatic carbocycles. The Bertz CT molecular complexity index is 1560. The topological polar surface area (TPSA) is 73.2 Å². The van der Waals surface area contributed by atoms with Crippen molar-refractivity contribution in [3.63, 3.8) is 0 Å². The zero-order valence-corrected chi connectivity index (χ0v) is 22.1. The largest absolute Gasteiger partial charge is 0.392 e. The maximum atomic E-state index is 13.6. The van der Waals surface area contributed by atoms with Crippen molar-refractivity contribution in [3.8, 4) is 22.3 Å². The van der Waals surface area contributed by atoms with Crippen LogP contribution in [-0.2, 0) is 6.54 Å². The highest BCUT2D eigenvalue weighted by Gasteiger charge is 2.17. The van der Waals surface area contributed by atoms with Gasteiger partial charge in [0.05, 0.1) is 18.8 Å². The molecule has 2 N–H and O–H groups in total. The maximum absolute atomic E-state index is 13.6. The van der Waals surface area contributed by atoms with E-state index in [2.05, 4.69) is 55.2 Å². The number of H-pyrrole nitrogens is 1. The molecule has 0 saturated carbocycles. The molecule has 4 heterocycles. The summed E-state index contributed by atoms with van der Waals surface area (Å²) in [4.78, 5) is 12.7. The Labute approximate surface area is 227 Å². The van der Waals surface area contributed by atoms with Crippen molar-refractivity contribution in [1.82, 2.24) is 24.6 Å². The minimum absolute atomic E-state index is 0.242. The van der Waals surface area contributed by atoms with Crippen LogP contribution in [0.1, 0.15) is 18.9 Å². The van der Waals surface area contributed by atoms with Crippen molar-refractivity contribution in [2.24, 2.45) is 0 Å². The Morgan fingerprint density at radius 3 is 2.67 bits per heavy atom. The smallest absolute Gasteiger partial charge is 0.137 e. The van der Waals surface area contributed by atoms with Gasteiger partial charge in [-0.15, -0.1) is 0 Å². The Morgan fingerprint density at radius 1 is 0.974 bits per heavy atom. The molecule has 3 aromatic heterocycles. The Hall–Kier alpha value is -4.01. The van der Waals surface area contributed by atoms with Gasteiger partial charge in [-0.2, -0.15) is 5.10 Å². The van der Waals surface area contributed by atoms with Crippen LogP contribution in [0.25, 0.3) is 33.3 Å². The van der Waals surface area contributed by atoms with Gasteiger partial charge in [-0.3, -0.25) is 9.58 Å². The van der Waals surface area contributed by atoms with E-state index in [1.165, 1.54) is 17.8 Å². The molecule has 1 atom stereocenters. The molecule has 0 spiro atoms. The fourth-order valence-electron chi connectivity index (χ4n) is 5.46. The molecular formula is C31H33FN6O. The first-order valence-electron chi connectivity index (χ1n) is 13.5. The number of anilines is 1. The van der Waals surface area contributed by atoms with Gasteiger partial charge in [-0.25, -0.2) is 9.37 Å². The zero-order valence-electron chi connectivity index (χ0n) is 22.1. The van der Waals surface area contributed by atoms with Gasteiger partial charge in [0.15, 0.2) is 0 Å². The summed E-state index contributed by atoms with van der Waals surface area (Å²) in [6, 6.07) is 17.5. The van der Waals surface area contributed by atoms with Gasteiger partial charge in [0.2, 0.25) is 0 Å². The predicted molar refractivity (Wildman–Crippen MR) is 153 cm³/mol. The number of pyridine rings is 1. The summed E-state index contributed by atoms with van der Waals surface area (Å²) >= 11 is 0. The number of hydrogen-bond donors (Lipinski definition) is 2. The minimum atomic E-state index is -0.293. The molecule has 1 saturated heterocycles. The molecule has 0 radical (unpaired) electrons. The second-order valence-electron chi connectivity index (χ2n) is 10.4. The summed E-state index contributed by atoms with van der Waals surface area (Å²) in [6.45, 7) is 7.05. The molecule has 0 amide bonds. The van der Waals surface area contributed by atoms with Crippen LogP contribution in [0.4, 0.5) is 10.1 Å². The summed E-state index contributed by atoms with van der Waals surface area (Å²) in [6.07, 6.45) is 8.49. The van der Waals surface area contributed by atoms with Crippen molar-refractivity contribution >= 4 is 16.7 Å². The number of aromatic nitrogens is 4. The lowest BCUT2D eigenvalue weighted by Crippen LogP contribution is -2.34. The van der Waals surface area contributed by atoms with Gasteiger partial charge in [-0.05, 0) is 61.3 Å². The molecule has 7 nitrogen and oxygen atoms in total. The van der Waals surface area contributed by atoms with Crippen molar-refractivity contribution in [1.29, 1.82) is 0 Å². The average Bonchev–Trinajstić information content (AvgIpc) is 3.49. The highest BCUT2D eigenvalue weighted by Crippen LogP contribution is 2.31. The van der Waals surface area contributed by atoms with Gasteiger partial charge < -0.3 is 15.0 Å². The quantitative estimate of drug-likeness (QED) is 0.307. The minimum Gasteiger partial charge on any atom is -0.392 e. The number of benzene rings is 2. The third-order valence-electron chi connectivity index (χ3n) is 7.39. The van der Waals surface area contributed by atoms with E-state index in [1.807, 2.05) is 42.5 Å². The summed E-state index contributed by atoms with van der Waals surface area (Å²) in [5, 5.41) is 15.3. The van der Waals surface area contributed by atoms with Gasteiger partial charge in [-0.1, -0.05) is 24.3 Å². The molecule has 1 aliphatic rings. The summed E-state index contributed by atoms with van der Waals surface area (Å²) in [5.41, 5.74) is 7.11. The van der Waals surface area contributed by atoms with E-state index in [4.69, 9.17) is 0 Å². The van der Waals surface area contributed by atoms with Gasteiger partial charge in [0.25, 0.3) is 0 Å². The molecule has 0 unspecified atom stereocenters. The molecule has 200 valence electrons. The van der Waals surface area contributed by atoms with E-state index in [9.17, 15) is 9.50 Å². The number of rotatable bonds is 7. The van der Waals surface area contributed by atoms with E-state index in [-0.39, 0.29) is 11.9 Å². The van der Waals surface area contributed by atoms with Gasteiger partial charge in [0.1, 0.15) is 11.5 Å². The molecule has 1 fully saturated rings. The average molecular weight is 525 g/mol. The number of hydrogen-bond acceptors (Lipinski definition) is 5. The van der Waals surface area contributed by atoms with Crippen LogP contribution in [0, 0.1) is 5.82 Å². The van der Waals surface area contributed by atoms with Gasteiger partial charge in [0, 0.05) is 72.5 Å². The molecule has 39 heavy (non-hydrogen) atoms. The summed E-state index contributed by atoms with van der Waals surface area (Å²) in [5.74, 6) is -0.242. The normalized spacial score (nSPS) is 15.5. The maximum Gasteiger partial charge on any atom is 0.137 e. The first-order chi connectivity index (χ1) is 19.0. The van der Waals surface area contributed by atoms with Crippen molar-refractivity contribution in [2.75, 3.05) is 37.6 Å². The lowest BCUT2D eigenvalue weighted by molar-refractivity contribution is 0.131. The fraction of sp³-hybridized carbons (Fsp3) is 0.290. The number of β-amino-alcohol motifs (C(OH)–C–C–N with tert-alkyl or cyclic N) is 1. The van der Waals surface area contributed by atoms with Crippen molar-refractivity contribution < 1.29 is 9.50 Å². The first kappa shape index (κ1) is 25.3. The summed E-state index contributed by atoms with van der Waals surface area (Å²) < 4.78 is 15.4. The van der Waals surface area contributed by atoms with Crippen LogP contribution in [0.2, 0.25) is 0 Å². The second kappa shape index (κ2) is 11.0. The lowest BCUT2D eigenvalue weighted by atomic mass is 10.0. The molecule has 8 heteroatoms. The van der Waals surface area contributed by atoms with Gasteiger partial charge >= 0.3 is 0 Å². The number of nitrogens with zero attached hydrogens (tertiary/aromatic N) is 5. The Kier molecular flexibility index (Phi) is 7.13. The SMILES string of the molecule is C[C@H](O)CN1CCCN(c2ccc(-c3cnc4[nH]cc(-c5cnn(Cc6cccc(F)c6)c5)c4c3)cc2)CC1. The lowest BCUT2D eigenvalue weighted by Gasteiger charge is -2.24. The van der Waals surface area contributed by atoms with E-state index in [0.29, 0.717) is 6.54 Å². The monoisotopic (exact) mass is 524 g/mol. The van der Waals surface area contributed by atoms with E-state index in [0.717, 1.165) is 78.0 Å². The zero-order chi connectivity index (χ0) is 26.8. The van der Waals surface area contributed by atoms with Crippen LogP contribution in [0.5, 0.6) is 0 Å². The number of aliphatic hydroxyl groups excluding tert-OH is 1. The Balaban J connectivity index is 1.20. The van der Waals surface area contributed by atoms with Crippen molar-refractivity contribution in [2.45, 2.75) is 26.0 Å². The third-order valence-corrected chi connectivity index (χ3v) is 7.39. The number of halogens is 1. The fourth-order valence-corrected chi connectivity index (χ4v) is 5.46. The van der Waals surface area contributed by atoms with Crippen LogP contribution < -0.4 is 4.90 Å². The molecule has 5 aromatic rings. The van der Waals surface area contributed by atoms with E-state index >= 15 is 0 Å². The first-order valence-corrected chi connectivity index (χ1v) is 13.5. The van der Waals surface area contributed by atoms with Crippen LogP contribution in [0.15, 0.2) is 79.4 Å². The standard InChI is InChI=1S/C31H33FN6O/c1-22(39)19-36-10-3-11-37(13-12-36)28-8-6-24(7-9-28)25-15-29-30(18-34-31(29)33-16-25)26-17-35-38(21-26)20-23-4-2-5-27(32)14-23/h2,4-9,14-18,21-22,39H,3,10-13,19-20H2,1H3,(H,33,34)/t22-/m0/s1. The second-order valence-corrected chi connectivity index (χ2v) is 10.4. The molecular weight excluding hydrogens is 491 g/mol. The number of fused-ring (bicyclic) bond motifs is 1. The Morgan fingerprint density at radius 2 is 1.85 bits per heavy atom. The van der Waals surface area contributed by atoms with Crippen LogP contribution >= 0.6 is 0 Å². The van der Waals surface area contributed by atoms with E-state index in [1.54, 1.807) is 6.07 Å². The van der Waals surface area contributed by atoms with Crippen LogP contribution in [-0.4, -0.2) is 68.6 Å². The molecule has 0 bridgehead atoms. The molecule has 0 aliphatic carbocycles. The number of aromatic amines is 1. The van der Waals surface area contributed by atoms with Crippen LogP contribution in [0.3, 0.4) is 0 Å². The number of nitrogens with one attached hydrogen (secondary N) is 1. The highest BCUT2D eigenvalue weighted by molar-refractivity contribution is 5.95. The summed E-state index contributed by atoms with van der Waals surface area (Å²) in [7, 11) is 0. The highest BCUT2D eigenvalue weighted by atomic mass is 19.1. The number of aliphatic hydroxyl groups is 1. The molecule has 6 rings (SSSR count). The van der Waals surface area contributed by atoms with E-state index < -0.39 is 0 Å². The predicted octanol–water partition coefficient (Wildman–Crippen LogP) is 5.17. The molecule has 1 aliphatic heterocycles. The third kappa shape index (κ3) is 5.72.